The summed E-state index contributed by atoms with van der Waals surface area (Å²) in [7, 11) is -3.78. The maximum Gasteiger partial charge on any atom is 0.244 e. The van der Waals surface area contributed by atoms with Gasteiger partial charge in [-0.2, -0.15) is 0 Å². The van der Waals surface area contributed by atoms with Gasteiger partial charge in [0.25, 0.3) is 0 Å². The molecule has 0 aliphatic carbocycles. The number of amides is 2. The Morgan fingerprint density at radius 3 is 2.06 bits per heavy atom. The highest BCUT2D eigenvalue weighted by atomic mass is 35.5. The highest BCUT2D eigenvalue weighted by Gasteiger charge is 2.30. The minimum atomic E-state index is -3.78. The number of sulfonamides is 1. The fraction of sp³-hybridized carbons (Fsp3) is 0.417. The molecule has 2 aromatic carbocycles. The number of rotatable bonds is 9. The van der Waals surface area contributed by atoms with Crippen LogP contribution in [0.3, 0.4) is 0 Å². The van der Waals surface area contributed by atoms with Gasteiger partial charge < -0.3 is 10.2 Å². The van der Waals surface area contributed by atoms with Crippen molar-refractivity contribution in [1.29, 1.82) is 0 Å². The largest absolute Gasteiger partial charge is 0.352 e. The van der Waals surface area contributed by atoms with Crippen molar-refractivity contribution in [3.63, 3.8) is 0 Å². The van der Waals surface area contributed by atoms with Gasteiger partial charge in [0, 0.05) is 12.6 Å². The van der Waals surface area contributed by atoms with Crippen LogP contribution in [0.2, 0.25) is 10.0 Å². The Hall–Kier alpha value is -2.29. The van der Waals surface area contributed by atoms with Gasteiger partial charge in [0.2, 0.25) is 21.8 Å². The molecule has 0 heterocycles. The fourth-order valence-corrected chi connectivity index (χ4v) is 4.68. The Labute approximate surface area is 212 Å². The molecule has 0 aromatic heterocycles. The van der Waals surface area contributed by atoms with Gasteiger partial charge in [0.05, 0.1) is 22.0 Å². The van der Waals surface area contributed by atoms with Gasteiger partial charge in [0.1, 0.15) is 12.6 Å². The molecule has 7 nitrogen and oxygen atoms in total. The van der Waals surface area contributed by atoms with Crippen LogP contribution in [0.1, 0.15) is 37.5 Å². The van der Waals surface area contributed by atoms with E-state index in [-0.39, 0.29) is 18.5 Å². The first kappa shape index (κ1) is 28.0. The lowest BCUT2D eigenvalue weighted by Gasteiger charge is -2.32. The molecule has 0 saturated carbocycles. The van der Waals surface area contributed by atoms with Crippen LogP contribution in [0.4, 0.5) is 5.69 Å². The first-order valence-corrected chi connectivity index (χ1v) is 13.4. The van der Waals surface area contributed by atoms with E-state index in [1.165, 1.54) is 4.90 Å². The molecule has 2 rings (SSSR count). The predicted octanol–water partition coefficient (Wildman–Crippen LogP) is 4.32. The van der Waals surface area contributed by atoms with Crippen molar-refractivity contribution in [2.75, 3.05) is 17.1 Å². The van der Waals surface area contributed by atoms with E-state index in [9.17, 15) is 18.0 Å². The normalized spacial score (nSPS) is 12.4. The molecule has 0 aliphatic heterocycles. The average molecular weight is 529 g/mol. The van der Waals surface area contributed by atoms with Crippen LogP contribution in [0.25, 0.3) is 0 Å². The minimum absolute atomic E-state index is 0.0485. The molecular formula is C24H31Cl2N3O4S. The van der Waals surface area contributed by atoms with E-state index >= 15 is 0 Å². The molecular weight excluding hydrogens is 497 g/mol. The number of carbonyl (C=O) groups is 2. The SMILES string of the molecule is Cc1cc(C)cc(N(CC(=O)N(Cc2ccc(Cl)c(Cl)c2)[C@H](C)C(=O)NC(C)C)S(C)(=O)=O)c1. The number of carbonyl (C=O) groups excluding carboxylic acids is 2. The maximum absolute atomic E-state index is 13.5. The summed E-state index contributed by atoms with van der Waals surface area (Å²) in [5.41, 5.74) is 2.79. The number of nitrogens with zero attached hydrogens (tertiary/aromatic N) is 2. The zero-order chi connectivity index (χ0) is 25.8. The summed E-state index contributed by atoms with van der Waals surface area (Å²) < 4.78 is 26.4. The van der Waals surface area contributed by atoms with Crippen molar-refractivity contribution < 1.29 is 18.0 Å². The standard InChI is InChI=1S/C24H31Cl2N3O4S/c1-15(2)27-24(31)18(5)28(13-19-7-8-21(25)22(26)12-19)23(30)14-29(34(6,32)33)20-10-16(3)9-17(4)11-20/h7-12,15,18H,13-14H2,1-6H3,(H,27,31)/t18-/m1/s1. The number of aryl methyl sites for hydroxylation is 2. The summed E-state index contributed by atoms with van der Waals surface area (Å²) in [6, 6.07) is 9.29. The van der Waals surface area contributed by atoms with Crippen LogP contribution < -0.4 is 9.62 Å². The molecule has 0 spiro atoms. The molecule has 34 heavy (non-hydrogen) atoms. The van der Waals surface area contributed by atoms with Gasteiger partial charge in [-0.15, -0.1) is 0 Å². The number of anilines is 1. The summed E-state index contributed by atoms with van der Waals surface area (Å²) in [6.07, 6.45) is 1.05. The van der Waals surface area contributed by atoms with Crippen molar-refractivity contribution in [2.45, 2.75) is 53.2 Å². The Morgan fingerprint density at radius 2 is 1.56 bits per heavy atom. The van der Waals surface area contributed by atoms with Crippen molar-refractivity contribution >= 4 is 50.7 Å². The summed E-state index contributed by atoms with van der Waals surface area (Å²) in [5, 5.41) is 3.49. The van der Waals surface area contributed by atoms with Crippen LogP contribution in [0.15, 0.2) is 36.4 Å². The molecule has 186 valence electrons. The Balaban J connectivity index is 2.44. The van der Waals surface area contributed by atoms with Gasteiger partial charge in [-0.25, -0.2) is 8.42 Å². The lowest BCUT2D eigenvalue weighted by Crippen LogP contribution is -2.52. The molecule has 1 N–H and O–H groups in total. The quantitative estimate of drug-likeness (QED) is 0.526. The van der Waals surface area contributed by atoms with E-state index in [1.54, 1.807) is 37.3 Å². The van der Waals surface area contributed by atoms with Gasteiger partial charge >= 0.3 is 0 Å². The summed E-state index contributed by atoms with van der Waals surface area (Å²) in [6.45, 7) is 8.55. The second kappa shape index (κ2) is 11.4. The highest BCUT2D eigenvalue weighted by Crippen LogP contribution is 2.25. The molecule has 0 aliphatic rings. The van der Waals surface area contributed by atoms with Crippen molar-refractivity contribution in [2.24, 2.45) is 0 Å². The van der Waals surface area contributed by atoms with E-state index in [4.69, 9.17) is 23.2 Å². The van der Waals surface area contributed by atoms with Gasteiger partial charge in [-0.1, -0.05) is 35.3 Å². The third-order valence-corrected chi connectivity index (χ3v) is 6.99. The number of nitrogens with one attached hydrogen (secondary N) is 1. The number of hydrogen-bond donors (Lipinski definition) is 1. The van der Waals surface area contributed by atoms with Crippen LogP contribution in [0.5, 0.6) is 0 Å². The fourth-order valence-electron chi connectivity index (χ4n) is 3.53. The third-order valence-electron chi connectivity index (χ3n) is 5.11. The van der Waals surface area contributed by atoms with Crippen molar-refractivity contribution in [3.05, 3.63) is 63.1 Å². The highest BCUT2D eigenvalue weighted by molar-refractivity contribution is 7.92. The van der Waals surface area contributed by atoms with Crippen molar-refractivity contribution in [1.82, 2.24) is 10.2 Å². The van der Waals surface area contributed by atoms with Crippen LogP contribution in [0, 0.1) is 13.8 Å². The van der Waals surface area contributed by atoms with Gasteiger partial charge in [-0.3, -0.25) is 13.9 Å². The Bertz CT molecular complexity index is 1150. The predicted molar refractivity (Wildman–Crippen MR) is 138 cm³/mol. The summed E-state index contributed by atoms with van der Waals surface area (Å²) in [5.74, 6) is -0.872. The molecule has 0 saturated heterocycles. The second-order valence-corrected chi connectivity index (χ2v) is 11.4. The first-order chi connectivity index (χ1) is 15.7. The van der Waals surface area contributed by atoms with Crippen molar-refractivity contribution in [3.8, 4) is 0 Å². The molecule has 2 amide bonds. The average Bonchev–Trinajstić information content (AvgIpc) is 2.70. The zero-order valence-corrected chi connectivity index (χ0v) is 22.6. The van der Waals surface area contributed by atoms with Gasteiger partial charge in [-0.05, 0) is 75.6 Å². The molecule has 0 bridgehead atoms. The van der Waals surface area contributed by atoms with Gasteiger partial charge in [0.15, 0.2) is 0 Å². The molecule has 0 fully saturated rings. The zero-order valence-electron chi connectivity index (χ0n) is 20.2. The molecule has 2 aromatic rings. The lowest BCUT2D eigenvalue weighted by molar-refractivity contribution is -0.139. The molecule has 0 unspecified atom stereocenters. The van der Waals surface area contributed by atoms with Crippen LogP contribution >= 0.6 is 23.2 Å². The number of hydrogen-bond acceptors (Lipinski definition) is 4. The minimum Gasteiger partial charge on any atom is -0.352 e. The van der Waals surface area contributed by atoms with Crippen LogP contribution in [-0.4, -0.2) is 50.0 Å². The molecule has 0 radical (unpaired) electrons. The Kier molecular flexibility index (Phi) is 9.39. The van der Waals surface area contributed by atoms with E-state index < -0.39 is 28.5 Å². The maximum atomic E-state index is 13.5. The topological polar surface area (TPSA) is 86.8 Å². The summed E-state index contributed by atoms with van der Waals surface area (Å²) >= 11 is 12.2. The van der Waals surface area contributed by atoms with E-state index in [0.29, 0.717) is 21.3 Å². The van der Waals surface area contributed by atoms with E-state index in [0.717, 1.165) is 21.7 Å². The first-order valence-electron chi connectivity index (χ1n) is 10.8. The third kappa shape index (κ3) is 7.61. The Morgan fingerprint density at radius 1 is 0.971 bits per heavy atom. The van der Waals surface area contributed by atoms with E-state index in [2.05, 4.69) is 5.32 Å². The smallest absolute Gasteiger partial charge is 0.244 e. The second-order valence-electron chi connectivity index (χ2n) is 8.72. The van der Waals surface area contributed by atoms with Crippen LogP contribution in [-0.2, 0) is 26.2 Å². The monoisotopic (exact) mass is 527 g/mol. The number of benzene rings is 2. The molecule has 1 atom stereocenters. The lowest BCUT2D eigenvalue weighted by atomic mass is 10.1. The number of halogens is 2. The molecule has 10 heteroatoms. The summed E-state index contributed by atoms with van der Waals surface area (Å²) in [4.78, 5) is 27.6. The van der Waals surface area contributed by atoms with E-state index in [1.807, 2.05) is 33.8 Å².